The highest BCUT2D eigenvalue weighted by molar-refractivity contribution is 7.84. The lowest BCUT2D eigenvalue weighted by Crippen LogP contribution is -2.46. The zero-order valence-electron chi connectivity index (χ0n) is 6.50. The molecule has 0 bridgehead atoms. The van der Waals surface area contributed by atoms with E-state index in [2.05, 4.69) is 6.07 Å². The van der Waals surface area contributed by atoms with Crippen molar-refractivity contribution in [3.05, 3.63) is 0 Å². The van der Waals surface area contributed by atoms with Gasteiger partial charge >= 0.3 is 0 Å². The van der Waals surface area contributed by atoms with Gasteiger partial charge in [-0.15, -0.1) is 0 Å². The van der Waals surface area contributed by atoms with Crippen LogP contribution in [0.2, 0.25) is 0 Å². The lowest BCUT2D eigenvalue weighted by atomic mass is 9.85. The third kappa shape index (κ3) is 2.01. The minimum absolute atomic E-state index is 0.0889. The van der Waals surface area contributed by atoms with Crippen molar-refractivity contribution in [2.24, 2.45) is 5.41 Å². The first-order valence-electron chi connectivity index (χ1n) is 3.43. The topological polar surface area (TPSA) is 50.1 Å². The summed E-state index contributed by atoms with van der Waals surface area (Å²) in [7, 11) is -0.816. The molecular formula is C7H11NO2S. The second-order valence-corrected chi connectivity index (χ2v) is 4.48. The first kappa shape index (κ1) is 8.69. The molecule has 0 saturated carbocycles. The van der Waals surface area contributed by atoms with Crippen molar-refractivity contribution in [1.82, 2.24) is 0 Å². The average molecular weight is 173 g/mol. The Kier molecular flexibility index (Phi) is 2.63. The molecule has 0 spiro atoms. The Bertz CT molecular complexity index is 205. The number of rotatable bonds is 3. The molecule has 0 aromatic rings. The van der Waals surface area contributed by atoms with Gasteiger partial charge in [-0.05, 0) is 0 Å². The van der Waals surface area contributed by atoms with Crippen molar-refractivity contribution >= 4 is 10.8 Å². The molecule has 1 atom stereocenters. The van der Waals surface area contributed by atoms with Crippen LogP contribution in [0.3, 0.4) is 0 Å². The van der Waals surface area contributed by atoms with E-state index in [0.717, 1.165) is 0 Å². The van der Waals surface area contributed by atoms with Crippen molar-refractivity contribution in [2.45, 2.75) is 6.42 Å². The third-order valence-corrected chi connectivity index (χ3v) is 2.80. The molecule has 1 saturated heterocycles. The van der Waals surface area contributed by atoms with Crippen LogP contribution in [0.4, 0.5) is 0 Å². The first-order chi connectivity index (χ1) is 5.18. The van der Waals surface area contributed by atoms with Crippen LogP contribution in [-0.2, 0) is 15.5 Å². The van der Waals surface area contributed by atoms with Gasteiger partial charge in [-0.2, -0.15) is 5.26 Å². The van der Waals surface area contributed by atoms with Gasteiger partial charge < -0.3 is 4.74 Å². The molecule has 0 N–H and O–H groups in total. The molecule has 0 radical (unpaired) electrons. The van der Waals surface area contributed by atoms with Gasteiger partial charge in [-0.3, -0.25) is 4.21 Å². The van der Waals surface area contributed by atoms with E-state index >= 15 is 0 Å². The van der Waals surface area contributed by atoms with E-state index in [1.54, 1.807) is 6.26 Å². The smallest absolute Gasteiger partial charge is 0.0629 e. The quantitative estimate of drug-likeness (QED) is 0.616. The Balaban J connectivity index is 2.48. The minimum atomic E-state index is -0.816. The SMILES string of the molecule is CS(=O)CC1(CC#N)COC1. The molecule has 62 valence electrons. The minimum Gasteiger partial charge on any atom is -0.380 e. The molecule has 4 heteroatoms. The van der Waals surface area contributed by atoms with Gasteiger partial charge in [0.2, 0.25) is 0 Å². The highest BCUT2D eigenvalue weighted by Gasteiger charge is 2.39. The number of nitriles is 1. The molecule has 0 aromatic carbocycles. The van der Waals surface area contributed by atoms with Gasteiger partial charge in [0.1, 0.15) is 0 Å². The van der Waals surface area contributed by atoms with E-state index in [1.807, 2.05) is 0 Å². The molecule has 1 unspecified atom stereocenters. The maximum Gasteiger partial charge on any atom is 0.0629 e. The molecule has 0 amide bonds. The maximum atomic E-state index is 10.9. The van der Waals surface area contributed by atoms with Crippen LogP contribution in [0.15, 0.2) is 0 Å². The lowest BCUT2D eigenvalue weighted by Gasteiger charge is -2.38. The standard InChI is InChI=1S/C7H11NO2S/c1-11(9)6-7(2-3-8)4-10-5-7/h2,4-6H2,1H3. The Hall–Kier alpha value is -0.400. The van der Waals surface area contributed by atoms with Crippen LogP contribution in [-0.4, -0.2) is 29.4 Å². The van der Waals surface area contributed by atoms with Crippen LogP contribution < -0.4 is 0 Å². The molecule has 1 rings (SSSR count). The van der Waals surface area contributed by atoms with E-state index < -0.39 is 10.8 Å². The Labute approximate surface area is 68.8 Å². The Morgan fingerprint density at radius 3 is 2.64 bits per heavy atom. The molecule has 3 nitrogen and oxygen atoms in total. The first-order valence-corrected chi connectivity index (χ1v) is 5.16. The number of ether oxygens (including phenoxy) is 1. The number of nitrogens with zero attached hydrogens (tertiary/aromatic N) is 1. The molecule has 11 heavy (non-hydrogen) atoms. The number of hydrogen-bond donors (Lipinski definition) is 0. The summed E-state index contributed by atoms with van der Waals surface area (Å²) >= 11 is 0. The maximum absolute atomic E-state index is 10.9. The molecule has 1 aliphatic rings. The van der Waals surface area contributed by atoms with E-state index in [0.29, 0.717) is 25.4 Å². The summed E-state index contributed by atoms with van der Waals surface area (Å²) in [5, 5.41) is 8.48. The van der Waals surface area contributed by atoms with Crippen LogP contribution in [0.25, 0.3) is 0 Å². The van der Waals surface area contributed by atoms with E-state index in [-0.39, 0.29) is 5.41 Å². The molecular weight excluding hydrogens is 162 g/mol. The highest BCUT2D eigenvalue weighted by atomic mass is 32.2. The van der Waals surface area contributed by atoms with Crippen LogP contribution in [0, 0.1) is 16.7 Å². The predicted molar refractivity (Wildman–Crippen MR) is 42.4 cm³/mol. The van der Waals surface area contributed by atoms with Gasteiger partial charge in [0.25, 0.3) is 0 Å². The number of hydrogen-bond acceptors (Lipinski definition) is 3. The molecule has 0 aromatic heterocycles. The van der Waals surface area contributed by atoms with E-state index in [4.69, 9.17) is 10.00 Å². The normalized spacial score (nSPS) is 23.3. The molecule has 1 fully saturated rings. The predicted octanol–water partition coefficient (Wildman–Crippen LogP) is 0.295. The second-order valence-electron chi connectivity index (χ2n) is 3.05. The lowest BCUT2D eigenvalue weighted by molar-refractivity contribution is -0.0951. The summed E-state index contributed by atoms with van der Waals surface area (Å²) in [6.45, 7) is 1.19. The summed E-state index contributed by atoms with van der Waals surface area (Å²) in [6, 6.07) is 2.10. The molecule has 1 aliphatic heterocycles. The summed E-state index contributed by atoms with van der Waals surface area (Å²) in [5.41, 5.74) is -0.0889. The fraction of sp³-hybridized carbons (Fsp3) is 0.857. The van der Waals surface area contributed by atoms with Crippen molar-refractivity contribution in [3.63, 3.8) is 0 Å². The highest BCUT2D eigenvalue weighted by Crippen LogP contribution is 2.31. The summed E-state index contributed by atoms with van der Waals surface area (Å²) < 4.78 is 15.9. The van der Waals surface area contributed by atoms with Gasteiger partial charge in [-0.1, -0.05) is 0 Å². The zero-order valence-corrected chi connectivity index (χ0v) is 7.32. The third-order valence-electron chi connectivity index (χ3n) is 1.78. The van der Waals surface area contributed by atoms with Gasteiger partial charge in [0, 0.05) is 34.6 Å². The van der Waals surface area contributed by atoms with Crippen molar-refractivity contribution < 1.29 is 8.95 Å². The summed E-state index contributed by atoms with van der Waals surface area (Å²) in [5.74, 6) is 0.598. The summed E-state index contributed by atoms with van der Waals surface area (Å²) in [6.07, 6.45) is 2.13. The van der Waals surface area contributed by atoms with E-state index in [1.165, 1.54) is 0 Å². The Morgan fingerprint density at radius 2 is 2.36 bits per heavy atom. The van der Waals surface area contributed by atoms with Gasteiger partial charge in [-0.25, -0.2) is 0 Å². The van der Waals surface area contributed by atoms with Crippen LogP contribution in [0.5, 0.6) is 0 Å². The van der Waals surface area contributed by atoms with Crippen molar-refractivity contribution in [2.75, 3.05) is 25.2 Å². The molecule has 1 heterocycles. The fourth-order valence-corrected chi connectivity index (χ4v) is 2.36. The monoisotopic (exact) mass is 173 g/mol. The van der Waals surface area contributed by atoms with Crippen molar-refractivity contribution in [3.8, 4) is 6.07 Å². The largest absolute Gasteiger partial charge is 0.380 e. The second kappa shape index (κ2) is 3.33. The zero-order chi connectivity index (χ0) is 8.32. The fourth-order valence-electron chi connectivity index (χ4n) is 1.23. The Morgan fingerprint density at radius 1 is 1.73 bits per heavy atom. The van der Waals surface area contributed by atoms with Gasteiger partial charge in [0.05, 0.1) is 19.3 Å². The van der Waals surface area contributed by atoms with Crippen molar-refractivity contribution in [1.29, 1.82) is 5.26 Å². The van der Waals surface area contributed by atoms with Gasteiger partial charge in [0.15, 0.2) is 0 Å². The average Bonchev–Trinajstić information content (AvgIpc) is 1.82. The molecule has 0 aliphatic carbocycles. The van der Waals surface area contributed by atoms with Crippen LogP contribution >= 0.6 is 0 Å². The summed E-state index contributed by atoms with van der Waals surface area (Å²) in [4.78, 5) is 0. The van der Waals surface area contributed by atoms with Crippen LogP contribution in [0.1, 0.15) is 6.42 Å². The van der Waals surface area contributed by atoms with E-state index in [9.17, 15) is 4.21 Å².